The molecule has 0 saturated carbocycles. The zero-order chi connectivity index (χ0) is 17.5. The van der Waals surface area contributed by atoms with Gasteiger partial charge >= 0.3 is 0 Å². The molecule has 5 nitrogen and oxygen atoms in total. The molecule has 2 aromatic carbocycles. The minimum Gasteiger partial charge on any atom is -0.395 e. The maximum Gasteiger partial charge on any atom is 0.0887 e. The van der Waals surface area contributed by atoms with E-state index in [4.69, 9.17) is 5.11 Å². The molecule has 0 saturated heterocycles. The highest BCUT2D eigenvalue weighted by molar-refractivity contribution is 5.61. The van der Waals surface area contributed by atoms with Crippen LogP contribution in [0.4, 0.5) is 17.1 Å². The van der Waals surface area contributed by atoms with Gasteiger partial charge in [0.25, 0.3) is 0 Å². The Labute approximate surface area is 147 Å². The lowest BCUT2D eigenvalue weighted by molar-refractivity contribution is 0.311. The van der Waals surface area contributed by atoms with Gasteiger partial charge in [0.2, 0.25) is 0 Å². The summed E-state index contributed by atoms with van der Waals surface area (Å²) in [6.07, 6.45) is 1.78. The molecule has 0 bridgehead atoms. The van der Waals surface area contributed by atoms with E-state index >= 15 is 0 Å². The number of azo groups is 1. The Balaban J connectivity index is 1.71. The average molecular weight is 332 g/mol. The predicted octanol–water partition coefficient (Wildman–Crippen LogP) is 4.88. The minimum absolute atomic E-state index is 0.106. The molecule has 1 aromatic heterocycles. The second-order valence-corrected chi connectivity index (χ2v) is 5.61. The molecular formula is C20H20N4O. The van der Waals surface area contributed by atoms with Gasteiger partial charge in [0.15, 0.2) is 0 Å². The Kier molecular flexibility index (Phi) is 5.49. The number of benzene rings is 2. The van der Waals surface area contributed by atoms with Crippen LogP contribution in [0.2, 0.25) is 0 Å². The number of anilines is 1. The summed E-state index contributed by atoms with van der Waals surface area (Å²) in [5.41, 5.74) is 5.59. The molecule has 2 N–H and O–H groups in total. The first-order valence-electron chi connectivity index (χ1n) is 8.15. The third-order valence-corrected chi connectivity index (χ3v) is 3.74. The van der Waals surface area contributed by atoms with Crippen LogP contribution >= 0.6 is 0 Å². The molecule has 0 aliphatic carbocycles. The molecule has 126 valence electrons. The van der Waals surface area contributed by atoms with Crippen molar-refractivity contribution in [2.24, 2.45) is 10.2 Å². The maximum absolute atomic E-state index is 8.85. The second-order valence-electron chi connectivity index (χ2n) is 5.61. The van der Waals surface area contributed by atoms with E-state index in [0.29, 0.717) is 6.54 Å². The van der Waals surface area contributed by atoms with E-state index in [1.54, 1.807) is 6.20 Å². The summed E-state index contributed by atoms with van der Waals surface area (Å²) in [4.78, 5) is 4.34. The third kappa shape index (κ3) is 4.49. The molecule has 0 aliphatic heterocycles. The molecule has 1 heterocycles. The summed E-state index contributed by atoms with van der Waals surface area (Å²) < 4.78 is 0. The van der Waals surface area contributed by atoms with Gasteiger partial charge in [-0.05, 0) is 55.0 Å². The highest BCUT2D eigenvalue weighted by atomic mass is 16.3. The molecule has 3 rings (SSSR count). The van der Waals surface area contributed by atoms with Crippen molar-refractivity contribution in [1.29, 1.82) is 0 Å². The molecule has 3 aromatic rings. The van der Waals surface area contributed by atoms with Crippen molar-refractivity contribution in [3.63, 3.8) is 0 Å². The van der Waals surface area contributed by atoms with E-state index in [-0.39, 0.29) is 6.61 Å². The number of nitrogens with one attached hydrogen (secondary N) is 1. The Hall–Kier alpha value is -3.05. The van der Waals surface area contributed by atoms with Crippen LogP contribution in [0.1, 0.15) is 5.56 Å². The minimum atomic E-state index is 0.106. The number of aromatic nitrogens is 1. The van der Waals surface area contributed by atoms with E-state index in [1.165, 1.54) is 0 Å². The Morgan fingerprint density at radius 1 is 1.00 bits per heavy atom. The molecule has 0 amide bonds. The van der Waals surface area contributed by atoms with Gasteiger partial charge in [-0.2, -0.15) is 10.2 Å². The van der Waals surface area contributed by atoms with Crippen molar-refractivity contribution >= 4 is 17.1 Å². The number of nitrogens with zero attached hydrogens (tertiary/aromatic N) is 3. The number of hydrogen-bond donors (Lipinski definition) is 2. The first-order chi connectivity index (χ1) is 12.3. The first kappa shape index (κ1) is 16.8. The molecule has 0 unspecified atom stereocenters. The predicted molar refractivity (Wildman–Crippen MR) is 101 cm³/mol. The van der Waals surface area contributed by atoms with Crippen molar-refractivity contribution in [3.05, 3.63) is 72.4 Å². The number of aryl methyl sites for hydroxylation is 1. The molecular weight excluding hydrogens is 312 g/mol. The van der Waals surface area contributed by atoms with Crippen molar-refractivity contribution in [2.75, 3.05) is 18.5 Å². The summed E-state index contributed by atoms with van der Waals surface area (Å²) >= 11 is 0. The second kappa shape index (κ2) is 8.17. The lowest BCUT2D eigenvalue weighted by Crippen LogP contribution is -2.05. The van der Waals surface area contributed by atoms with E-state index in [1.807, 2.05) is 67.6 Å². The normalized spacial score (nSPS) is 11.0. The van der Waals surface area contributed by atoms with Crippen LogP contribution in [0.5, 0.6) is 0 Å². The quantitative estimate of drug-likeness (QED) is 0.632. The number of hydrogen-bond acceptors (Lipinski definition) is 5. The lowest BCUT2D eigenvalue weighted by atomic mass is 10.1. The van der Waals surface area contributed by atoms with Gasteiger partial charge in [-0.15, -0.1) is 0 Å². The van der Waals surface area contributed by atoms with Crippen LogP contribution in [0, 0.1) is 6.92 Å². The molecule has 5 heteroatoms. The summed E-state index contributed by atoms with van der Waals surface area (Å²) in [5, 5.41) is 20.6. The fraction of sp³-hybridized carbons (Fsp3) is 0.150. The average Bonchev–Trinajstić information content (AvgIpc) is 2.67. The summed E-state index contributed by atoms with van der Waals surface area (Å²) in [7, 11) is 0. The number of aliphatic hydroxyl groups excluding tert-OH is 1. The first-order valence-corrected chi connectivity index (χ1v) is 8.15. The van der Waals surface area contributed by atoms with E-state index in [0.717, 1.165) is 33.9 Å². The van der Waals surface area contributed by atoms with Crippen molar-refractivity contribution in [3.8, 4) is 11.3 Å². The van der Waals surface area contributed by atoms with Crippen LogP contribution < -0.4 is 5.32 Å². The summed E-state index contributed by atoms with van der Waals surface area (Å²) in [6, 6.07) is 19.5. The molecule has 0 spiro atoms. The van der Waals surface area contributed by atoms with Gasteiger partial charge < -0.3 is 10.4 Å². The van der Waals surface area contributed by atoms with Crippen LogP contribution in [-0.2, 0) is 0 Å². The molecule has 0 fully saturated rings. The van der Waals surface area contributed by atoms with E-state index in [9.17, 15) is 0 Å². The Bertz CT molecular complexity index is 845. The molecule has 0 atom stereocenters. The number of pyridine rings is 1. The van der Waals surface area contributed by atoms with E-state index in [2.05, 4.69) is 20.5 Å². The van der Waals surface area contributed by atoms with Crippen LogP contribution in [0.3, 0.4) is 0 Å². The monoisotopic (exact) mass is 332 g/mol. The van der Waals surface area contributed by atoms with Gasteiger partial charge in [-0.3, -0.25) is 4.98 Å². The maximum atomic E-state index is 8.85. The summed E-state index contributed by atoms with van der Waals surface area (Å²) in [5.74, 6) is 0. The highest BCUT2D eigenvalue weighted by Crippen LogP contribution is 2.26. The number of rotatable bonds is 6. The fourth-order valence-electron chi connectivity index (χ4n) is 2.42. The summed E-state index contributed by atoms with van der Waals surface area (Å²) in [6.45, 7) is 2.63. The molecule has 0 radical (unpaired) electrons. The highest BCUT2D eigenvalue weighted by Gasteiger charge is 2.00. The SMILES string of the molecule is Cc1cc(NCCO)ccc1N=Nc1ccc(-c2ccccn2)cc1. The topological polar surface area (TPSA) is 69.9 Å². The van der Waals surface area contributed by atoms with Crippen molar-refractivity contribution in [1.82, 2.24) is 4.98 Å². The largest absolute Gasteiger partial charge is 0.395 e. The fourth-order valence-corrected chi connectivity index (χ4v) is 2.42. The zero-order valence-corrected chi connectivity index (χ0v) is 14.1. The molecule has 0 aliphatic rings. The lowest BCUT2D eigenvalue weighted by Gasteiger charge is -2.06. The number of aliphatic hydroxyl groups is 1. The van der Waals surface area contributed by atoms with Gasteiger partial charge in [-0.25, -0.2) is 0 Å². The van der Waals surface area contributed by atoms with E-state index < -0.39 is 0 Å². The third-order valence-electron chi connectivity index (χ3n) is 3.74. The Morgan fingerprint density at radius 2 is 1.84 bits per heavy atom. The van der Waals surface area contributed by atoms with Crippen LogP contribution in [-0.4, -0.2) is 23.2 Å². The van der Waals surface area contributed by atoms with Crippen LogP contribution in [0.25, 0.3) is 11.3 Å². The molecule has 25 heavy (non-hydrogen) atoms. The Morgan fingerprint density at radius 3 is 2.52 bits per heavy atom. The van der Waals surface area contributed by atoms with Gasteiger partial charge in [0.05, 0.1) is 23.7 Å². The van der Waals surface area contributed by atoms with Gasteiger partial charge in [0, 0.05) is 24.0 Å². The van der Waals surface area contributed by atoms with Crippen LogP contribution in [0.15, 0.2) is 77.1 Å². The van der Waals surface area contributed by atoms with Crippen molar-refractivity contribution in [2.45, 2.75) is 6.92 Å². The zero-order valence-electron chi connectivity index (χ0n) is 14.1. The standard InChI is InChI=1S/C20H20N4O/c1-15-14-18(21-12-13-25)9-10-19(15)24-23-17-7-5-16(6-8-17)20-4-2-3-11-22-20/h2-11,14,21,25H,12-13H2,1H3. The van der Waals surface area contributed by atoms with Crippen molar-refractivity contribution < 1.29 is 5.11 Å². The van der Waals surface area contributed by atoms with Gasteiger partial charge in [0.1, 0.15) is 0 Å². The smallest absolute Gasteiger partial charge is 0.0887 e. The van der Waals surface area contributed by atoms with Gasteiger partial charge in [-0.1, -0.05) is 18.2 Å².